The standard InChI is InChI=1S/C23H29N3O/c1-4-5-8-13-26(18(2)10-9-14-27)23-24-22(17-25(23)3)21-15-19-11-6-7-12-20(19)16-21/h6-7,10-12,14-15,17H,4-5,8-9,13,16H2,1-3H3. The topological polar surface area (TPSA) is 38.1 Å². The summed E-state index contributed by atoms with van der Waals surface area (Å²) in [6.45, 7) is 5.19. The zero-order valence-electron chi connectivity index (χ0n) is 16.6. The highest BCUT2D eigenvalue weighted by molar-refractivity contribution is 5.87. The van der Waals surface area contributed by atoms with Crippen LogP contribution in [0.3, 0.4) is 0 Å². The lowest BCUT2D eigenvalue weighted by Crippen LogP contribution is -2.25. The van der Waals surface area contributed by atoms with E-state index in [0.29, 0.717) is 6.42 Å². The van der Waals surface area contributed by atoms with Gasteiger partial charge < -0.3 is 14.3 Å². The van der Waals surface area contributed by atoms with Crippen molar-refractivity contribution in [3.8, 4) is 0 Å². The Morgan fingerprint density at radius 2 is 2.11 bits per heavy atom. The van der Waals surface area contributed by atoms with Gasteiger partial charge in [0.25, 0.3) is 0 Å². The van der Waals surface area contributed by atoms with Gasteiger partial charge in [0.2, 0.25) is 5.95 Å². The predicted molar refractivity (Wildman–Crippen MR) is 113 cm³/mol. The number of aldehydes is 1. The Kier molecular flexibility index (Phi) is 6.28. The Hall–Kier alpha value is -2.62. The van der Waals surface area contributed by atoms with E-state index in [4.69, 9.17) is 4.98 Å². The van der Waals surface area contributed by atoms with E-state index in [1.165, 1.54) is 29.5 Å². The summed E-state index contributed by atoms with van der Waals surface area (Å²) in [6, 6.07) is 8.52. The monoisotopic (exact) mass is 363 g/mol. The number of aryl methyl sites for hydroxylation is 1. The van der Waals surface area contributed by atoms with Crippen molar-refractivity contribution in [1.29, 1.82) is 0 Å². The molecule has 1 aliphatic rings. The van der Waals surface area contributed by atoms with Crippen molar-refractivity contribution in [1.82, 2.24) is 9.55 Å². The van der Waals surface area contributed by atoms with Gasteiger partial charge in [-0.25, -0.2) is 4.98 Å². The van der Waals surface area contributed by atoms with Crippen LogP contribution in [0.1, 0.15) is 56.4 Å². The van der Waals surface area contributed by atoms with Gasteiger partial charge in [0, 0.05) is 38.3 Å². The molecule has 0 unspecified atom stereocenters. The highest BCUT2D eigenvalue weighted by Gasteiger charge is 2.20. The maximum absolute atomic E-state index is 10.8. The number of benzene rings is 1. The number of hydrogen-bond donors (Lipinski definition) is 0. The highest BCUT2D eigenvalue weighted by atomic mass is 16.1. The Morgan fingerprint density at radius 1 is 1.30 bits per heavy atom. The minimum absolute atomic E-state index is 0.438. The SMILES string of the molecule is CCCCCN(C(C)=CCC=O)c1nc(C2=Cc3ccccc3C2)cn1C. The van der Waals surface area contributed by atoms with E-state index in [0.717, 1.165) is 43.0 Å². The lowest BCUT2D eigenvalue weighted by atomic mass is 10.1. The number of aromatic nitrogens is 2. The molecule has 1 heterocycles. The molecular weight excluding hydrogens is 334 g/mol. The minimum Gasteiger partial charge on any atom is -0.319 e. The first kappa shape index (κ1) is 19.2. The second-order valence-electron chi connectivity index (χ2n) is 7.19. The zero-order chi connectivity index (χ0) is 19.2. The summed E-state index contributed by atoms with van der Waals surface area (Å²) >= 11 is 0. The smallest absolute Gasteiger partial charge is 0.210 e. The number of imidazole rings is 1. The molecule has 3 rings (SSSR count). The van der Waals surface area contributed by atoms with E-state index in [1.807, 2.05) is 13.1 Å². The first-order chi connectivity index (χ1) is 13.1. The van der Waals surface area contributed by atoms with Crippen molar-refractivity contribution < 1.29 is 4.79 Å². The molecule has 2 aromatic rings. The van der Waals surface area contributed by atoms with Gasteiger partial charge in [-0.05, 0) is 36.1 Å². The number of allylic oxidation sites excluding steroid dienone is 3. The van der Waals surface area contributed by atoms with Crippen LogP contribution >= 0.6 is 0 Å². The van der Waals surface area contributed by atoms with E-state index in [9.17, 15) is 4.79 Å². The number of hydrogen-bond acceptors (Lipinski definition) is 3. The number of nitrogens with zero attached hydrogens (tertiary/aromatic N) is 3. The fraction of sp³-hybridized carbons (Fsp3) is 0.391. The van der Waals surface area contributed by atoms with Gasteiger partial charge in [-0.1, -0.05) is 50.1 Å². The third kappa shape index (κ3) is 4.38. The van der Waals surface area contributed by atoms with Gasteiger partial charge in [-0.2, -0.15) is 0 Å². The normalized spacial score (nSPS) is 13.4. The number of carbonyl (C=O) groups is 1. The molecule has 0 saturated carbocycles. The molecular formula is C23H29N3O. The van der Waals surface area contributed by atoms with Gasteiger partial charge in [0.15, 0.2) is 0 Å². The zero-order valence-corrected chi connectivity index (χ0v) is 16.6. The summed E-state index contributed by atoms with van der Waals surface area (Å²) in [5.74, 6) is 0.942. The van der Waals surface area contributed by atoms with Crippen molar-refractivity contribution in [3.63, 3.8) is 0 Å². The second-order valence-corrected chi connectivity index (χ2v) is 7.19. The van der Waals surface area contributed by atoms with Crippen LogP contribution in [0.2, 0.25) is 0 Å². The number of anilines is 1. The molecule has 0 amide bonds. The van der Waals surface area contributed by atoms with Crippen molar-refractivity contribution in [2.24, 2.45) is 7.05 Å². The molecule has 0 N–H and O–H groups in total. The van der Waals surface area contributed by atoms with E-state index < -0.39 is 0 Å². The van der Waals surface area contributed by atoms with Crippen molar-refractivity contribution >= 4 is 23.9 Å². The summed E-state index contributed by atoms with van der Waals surface area (Å²) in [7, 11) is 2.05. The Morgan fingerprint density at radius 3 is 2.85 bits per heavy atom. The fourth-order valence-corrected chi connectivity index (χ4v) is 3.59. The van der Waals surface area contributed by atoms with Gasteiger partial charge in [-0.3, -0.25) is 0 Å². The molecule has 27 heavy (non-hydrogen) atoms. The van der Waals surface area contributed by atoms with Gasteiger partial charge in [0.1, 0.15) is 6.29 Å². The molecule has 0 radical (unpaired) electrons. The molecule has 0 saturated heterocycles. The quantitative estimate of drug-likeness (QED) is 0.464. The number of carbonyl (C=O) groups excluding carboxylic acids is 1. The maximum atomic E-state index is 10.8. The largest absolute Gasteiger partial charge is 0.319 e. The minimum atomic E-state index is 0.438. The van der Waals surface area contributed by atoms with Crippen LogP contribution < -0.4 is 4.90 Å². The maximum Gasteiger partial charge on any atom is 0.210 e. The van der Waals surface area contributed by atoms with Crippen LogP contribution in [0.15, 0.2) is 42.2 Å². The number of unbranched alkanes of at least 4 members (excludes halogenated alkanes) is 2. The van der Waals surface area contributed by atoms with Crippen LogP contribution in [0.25, 0.3) is 11.6 Å². The summed E-state index contributed by atoms with van der Waals surface area (Å²) in [4.78, 5) is 18.0. The summed E-state index contributed by atoms with van der Waals surface area (Å²) in [5, 5.41) is 0. The number of rotatable bonds is 9. The van der Waals surface area contributed by atoms with Crippen molar-refractivity contribution in [2.45, 2.75) is 46.0 Å². The highest BCUT2D eigenvalue weighted by Crippen LogP contribution is 2.32. The van der Waals surface area contributed by atoms with Crippen molar-refractivity contribution in [2.75, 3.05) is 11.4 Å². The van der Waals surface area contributed by atoms with Crippen LogP contribution in [0.4, 0.5) is 5.95 Å². The third-order valence-electron chi connectivity index (χ3n) is 5.11. The Bertz CT molecular complexity index is 860. The van der Waals surface area contributed by atoms with E-state index in [2.05, 4.69) is 59.9 Å². The average molecular weight is 364 g/mol. The van der Waals surface area contributed by atoms with Gasteiger partial charge >= 0.3 is 0 Å². The van der Waals surface area contributed by atoms with Crippen LogP contribution in [-0.2, 0) is 18.3 Å². The van der Waals surface area contributed by atoms with E-state index >= 15 is 0 Å². The van der Waals surface area contributed by atoms with Crippen LogP contribution in [-0.4, -0.2) is 22.4 Å². The molecule has 0 bridgehead atoms. The Labute approximate surface area is 162 Å². The van der Waals surface area contributed by atoms with Gasteiger partial charge in [0.05, 0.1) is 5.69 Å². The molecule has 0 spiro atoms. The molecule has 1 aliphatic carbocycles. The molecule has 142 valence electrons. The summed E-state index contributed by atoms with van der Waals surface area (Å²) in [5.41, 5.74) is 6.04. The summed E-state index contributed by atoms with van der Waals surface area (Å²) in [6.07, 6.45) is 12.1. The summed E-state index contributed by atoms with van der Waals surface area (Å²) < 4.78 is 2.10. The first-order valence-corrected chi connectivity index (χ1v) is 9.84. The number of fused-ring (bicyclic) bond motifs is 1. The molecule has 1 aromatic heterocycles. The molecule has 0 aliphatic heterocycles. The Balaban J connectivity index is 1.87. The lowest BCUT2D eigenvalue weighted by Gasteiger charge is -2.24. The van der Waals surface area contributed by atoms with Crippen molar-refractivity contribution in [3.05, 3.63) is 59.1 Å². The molecule has 0 atom stereocenters. The predicted octanol–water partition coefficient (Wildman–Crippen LogP) is 5.01. The lowest BCUT2D eigenvalue weighted by molar-refractivity contribution is -0.107. The van der Waals surface area contributed by atoms with E-state index in [-0.39, 0.29) is 0 Å². The molecule has 0 fully saturated rings. The van der Waals surface area contributed by atoms with E-state index in [1.54, 1.807) is 0 Å². The van der Waals surface area contributed by atoms with Gasteiger partial charge in [-0.15, -0.1) is 0 Å². The second kappa shape index (κ2) is 8.85. The van der Waals surface area contributed by atoms with Crippen LogP contribution in [0, 0.1) is 0 Å². The molecule has 4 heteroatoms. The average Bonchev–Trinajstić information content (AvgIpc) is 3.27. The molecule has 4 nitrogen and oxygen atoms in total. The molecule has 1 aromatic carbocycles. The fourth-order valence-electron chi connectivity index (χ4n) is 3.59. The van der Waals surface area contributed by atoms with Crippen LogP contribution in [0.5, 0.6) is 0 Å². The third-order valence-corrected chi connectivity index (χ3v) is 5.11. The first-order valence-electron chi connectivity index (χ1n) is 9.84.